The van der Waals surface area contributed by atoms with Gasteiger partial charge in [0.1, 0.15) is 0 Å². The summed E-state index contributed by atoms with van der Waals surface area (Å²) in [5.41, 5.74) is 0.870. The van der Waals surface area contributed by atoms with Gasteiger partial charge in [0.15, 0.2) is 0 Å². The van der Waals surface area contributed by atoms with Gasteiger partial charge in [-0.2, -0.15) is 0 Å². The molecule has 1 atom stereocenters. The Hall–Kier alpha value is -1.40. The van der Waals surface area contributed by atoms with Gasteiger partial charge in [0.05, 0.1) is 17.4 Å². The lowest BCUT2D eigenvalue weighted by Gasteiger charge is -2.30. The van der Waals surface area contributed by atoms with Crippen molar-refractivity contribution in [1.82, 2.24) is 4.90 Å². The second kappa shape index (κ2) is 6.16. The molecular formula is C13H17NO4S. The molecule has 19 heavy (non-hydrogen) atoms. The maximum atomic E-state index is 12.4. The van der Waals surface area contributed by atoms with E-state index in [-0.39, 0.29) is 5.91 Å². The Labute approximate surface area is 115 Å². The fraction of sp³-hybridized carbons (Fsp3) is 0.538. The second-order valence-corrected chi connectivity index (χ2v) is 5.55. The summed E-state index contributed by atoms with van der Waals surface area (Å²) in [6.45, 7) is 1.34. The molecule has 0 radical (unpaired) electrons. The molecule has 0 saturated carbocycles. The van der Waals surface area contributed by atoms with E-state index in [0.29, 0.717) is 31.0 Å². The van der Waals surface area contributed by atoms with Gasteiger partial charge < -0.3 is 14.7 Å². The first-order chi connectivity index (χ1) is 9.13. The number of hydrogen-bond donors (Lipinski definition) is 1. The third-order valence-electron chi connectivity index (χ3n) is 3.30. The highest BCUT2D eigenvalue weighted by molar-refractivity contribution is 7.12. The van der Waals surface area contributed by atoms with Crippen molar-refractivity contribution in [2.75, 3.05) is 20.2 Å². The molecule has 6 heteroatoms. The van der Waals surface area contributed by atoms with Crippen molar-refractivity contribution in [2.45, 2.75) is 19.4 Å². The molecule has 1 aromatic heterocycles. The monoisotopic (exact) mass is 283 g/mol. The molecule has 1 unspecified atom stereocenters. The number of aliphatic carboxylic acids is 1. The van der Waals surface area contributed by atoms with Crippen LogP contribution in [0.3, 0.4) is 0 Å². The van der Waals surface area contributed by atoms with Crippen LogP contribution in [0.1, 0.15) is 28.1 Å². The molecule has 1 N–H and O–H groups in total. The van der Waals surface area contributed by atoms with Crippen LogP contribution in [-0.4, -0.2) is 42.1 Å². The maximum Gasteiger partial charge on any atom is 0.308 e. The Kier molecular flexibility index (Phi) is 4.55. The zero-order valence-corrected chi connectivity index (χ0v) is 11.6. The lowest BCUT2D eigenvalue weighted by Crippen LogP contribution is -2.42. The van der Waals surface area contributed by atoms with Gasteiger partial charge >= 0.3 is 5.97 Å². The molecule has 0 bridgehead atoms. The van der Waals surface area contributed by atoms with E-state index >= 15 is 0 Å². The Morgan fingerprint density at radius 1 is 1.58 bits per heavy atom. The Morgan fingerprint density at radius 2 is 2.37 bits per heavy atom. The van der Waals surface area contributed by atoms with E-state index in [1.165, 1.54) is 11.3 Å². The summed E-state index contributed by atoms with van der Waals surface area (Å²) in [4.78, 5) is 25.7. The van der Waals surface area contributed by atoms with Gasteiger partial charge in [0, 0.05) is 25.8 Å². The lowest BCUT2D eigenvalue weighted by atomic mass is 9.98. The number of thiophene rings is 1. The topological polar surface area (TPSA) is 66.8 Å². The van der Waals surface area contributed by atoms with Crippen LogP contribution in [0, 0.1) is 5.92 Å². The highest BCUT2D eigenvalue weighted by atomic mass is 32.1. The second-order valence-electron chi connectivity index (χ2n) is 4.64. The first-order valence-electron chi connectivity index (χ1n) is 6.21. The largest absolute Gasteiger partial charge is 0.481 e. The summed E-state index contributed by atoms with van der Waals surface area (Å²) in [6, 6.07) is 1.88. The molecule has 1 saturated heterocycles. The van der Waals surface area contributed by atoms with Crippen LogP contribution < -0.4 is 0 Å². The van der Waals surface area contributed by atoms with E-state index in [9.17, 15) is 9.59 Å². The average molecular weight is 283 g/mol. The molecular weight excluding hydrogens is 266 g/mol. The Bertz CT molecular complexity index is 471. The molecule has 0 aromatic carbocycles. The number of nitrogens with zero attached hydrogens (tertiary/aromatic N) is 1. The quantitative estimate of drug-likeness (QED) is 0.915. The number of carbonyl (C=O) groups excluding carboxylic acids is 1. The normalized spacial score (nSPS) is 19.4. The minimum Gasteiger partial charge on any atom is -0.481 e. The molecule has 2 heterocycles. The summed E-state index contributed by atoms with van der Waals surface area (Å²) in [6.07, 6.45) is 1.39. The van der Waals surface area contributed by atoms with Crippen molar-refractivity contribution in [3.8, 4) is 0 Å². The fourth-order valence-electron chi connectivity index (χ4n) is 2.30. The van der Waals surface area contributed by atoms with E-state index in [1.54, 1.807) is 12.0 Å². The molecule has 0 spiro atoms. The SMILES string of the molecule is COCc1ccsc1C(=O)N1CCCC(C(=O)O)C1. The minimum absolute atomic E-state index is 0.0759. The zero-order valence-electron chi connectivity index (χ0n) is 10.8. The summed E-state index contributed by atoms with van der Waals surface area (Å²) in [7, 11) is 1.59. The van der Waals surface area contributed by atoms with Crippen LogP contribution in [0.2, 0.25) is 0 Å². The number of rotatable bonds is 4. The van der Waals surface area contributed by atoms with Gasteiger partial charge in [-0.1, -0.05) is 0 Å². The number of hydrogen-bond acceptors (Lipinski definition) is 4. The van der Waals surface area contributed by atoms with E-state index in [4.69, 9.17) is 9.84 Å². The first-order valence-corrected chi connectivity index (χ1v) is 7.09. The Balaban J connectivity index is 2.10. The Morgan fingerprint density at radius 3 is 3.05 bits per heavy atom. The summed E-state index contributed by atoms with van der Waals surface area (Å²) in [5.74, 6) is -1.34. The van der Waals surface area contributed by atoms with Crippen molar-refractivity contribution in [3.05, 3.63) is 21.9 Å². The molecule has 1 amide bonds. The van der Waals surface area contributed by atoms with Crippen molar-refractivity contribution in [3.63, 3.8) is 0 Å². The van der Waals surface area contributed by atoms with Crippen molar-refractivity contribution in [2.24, 2.45) is 5.92 Å². The summed E-state index contributed by atoms with van der Waals surface area (Å²) >= 11 is 1.38. The molecule has 1 aliphatic rings. The number of ether oxygens (including phenoxy) is 1. The lowest BCUT2D eigenvalue weighted by molar-refractivity contribution is -0.143. The van der Waals surface area contributed by atoms with E-state index in [1.807, 2.05) is 11.4 Å². The van der Waals surface area contributed by atoms with Gasteiger partial charge in [0.2, 0.25) is 0 Å². The van der Waals surface area contributed by atoms with Gasteiger partial charge in [-0.3, -0.25) is 9.59 Å². The van der Waals surface area contributed by atoms with E-state index in [2.05, 4.69) is 0 Å². The zero-order chi connectivity index (χ0) is 13.8. The van der Waals surface area contributed by atoms with Crippen LogP contribution in [0.25, 0.3) is 0 Å². The molecule has 2 rings (SSSR count). The maximum absolute atomic E-state index is 12.4. The van der Waals surface area contributed by atoms with Crippen LogP contribution in [-0.2, 0) is 16.1 Å². The third kappa shape index (κ3) is 3.13. The van der Waals surface area contributed by atoms with Gasteiger partial charge in [-0.15, -0.1) is 11.3 Å². The van der Waals surface area contributed by atoms with Gasteiger partial charge in [0.25, 0.3) is 5.91 Å². The first kappa shape index (κ1) is 14.0. The van der Waals surface area contributed by atoms with Crippen molar-refractivity contribution < 1.29 is 19.4 Å². The predicted molar refractivity (Wildman–Crippen MR) is 71.3 cm³/mol. The number of amides is 1. The van der Waals surface area contributed by atoms with Gasteiger partial charge in [-0.25, -0.2) is 0 Å². The third-order valence-corrected chi connectivity index (χ3v) is 4.24. The number of carboxylic acid groups (broad SMARTS) is 1. The average Bonchev–Trinajstić information content (AvgIpc) is 2.86. The minimum atomic E-state index is -0.819. The van der Waals surface area contributed by atoms with Crippen molar-refractivity contribution >= 4 is 23.2 Å². The molecule has 1 aliphatic heterocycles. The van der Waals surface area contributed by atoms with Crippen LogP contribution in [0.5, 0.6) is 0 Å². The fourth-order valence-corrected chi connectivity index (χ4v) is 3.18. The number of likely N-dealkylation sites (tertiary alicyclic amines) is 1. The van der Waals surface area contributed by atoms with Crippen LogP contribution in [0.4, 0.5) is 0 Å². The number of carboxylic acids is 1. The summed E-state index contributed by atoms with van der Waals surface area (Å²) < 4.78 is 5.07. The number of piperidine rings is 1. The van der Waals surface area contributed by atoms with E-state index < -0.39 is 11.9 Å². The summed E-state index contributed by atoms with van der Waals surface area (Å²) in [5, 5.41) is 10.9. The smallest absolute Gasteiger partial charge is 0.308 e. The molecule has 0 aliphatic carbocycles. The number of methoxy groups -OCH3 is 1. The standard InChI is InChI=1S/C13H17NO4S/c1-18-8-10-4-6-19-11(10)12(15)14-5-2-3-9(7-14)13(16)17/h4,6,9H,2-3,5,7-8H2,1H3,(H,16,17). The molecule has 1 aromatic rings. The van der Waals surface area contributed by atoms with Crippen LogP contribution in [0.15, 0.2) is 11.4 Å². The van der Waals surface area contributed by atoms with Crippen molar-refractivity contribution in [1.29, 1.82) is 0 Å². The van der Waals surface area contributed by atoms with Crippen LogP contribution >= 0.6 is 11.3 Å². The number of carbonyl (C=O) groups is 2. The molecule has 5 nitrogen and oxygen atoms in total. The predicted octanol–water partition coefficient (Wildman–Crippen LogP) is 1.83. The molecule has 104 valence electrons. The van der Waals surface area contributed by atoms with E-state index in [0.717, 1.165) is 12.0 Å². The molecule has 1 fully saturated rings. The highest BCUT2D eigenvalue weighted by Gasteiger charge is 2.29. The highest BCUT2D eigenvalue weighted by Crippen LogP contribution is 2.23. The van der Waals surface area contributed by atoms with Gasteiger partial charge in [-0.05, 0) is 24.3 Å².